The van der Waals surface area contributed by atoms with E-state index in [-0.39, 0.29) is 841 Å². The van der Waals surface area contributed by atoms with Gasteiger partial charge in [-0.3, -0.25) is 0 Å². The third-order valence-electron chi connectivity index (χ3n) is 9.03. The van der Waals surface area contributed by atoms with Gasteiger partial charge in [0.25, 0.3) is 0 Å². The van der Waals surface area contributed by atoms with E-state index in [9.17, 15) is 6.49 Å². The molecule has 0 spiro atoms. The fourth-order valence-corrected chi connectivity index (χ4v) is 6.61. The van der Waals surface area contributed by atoms with Crippen molar-refractivity contribution in [2.45, 2.75) is 58.5 Å². The maximum atomic E-state index is 13.8. The summed E-state index contributed by atoms with van der Waals surface area (Å²) < 4.78 is 60.4. The first-order valence-electron chi connectivity index (χ1n) is 18.3. The number of ether oxygens (including phenoxy) is 6. The number of methoxy groups -OCH3 is 6. The predicted octanol–water partition coefficient (Wildman–Crippen LogP) is 7.28. The number of aryl methyl sites for hydroxylation is 2. The van der Waals surface area contributed by atoms with Crippen LogP contribution in [0.5, 0.6) is 34.5 Å². The van der Waals surface area contributed by atoms with E-state index < -0.39 is 33.2 Å². The molecule has 6 aromatic rings. The minimum absolute atomic E-state index is 0. The van der Waals surface area contributed by atoms with Crippen LogP contribution in [0.3, 0.4) is 0 Å². The number of halogens is 4. The summed E-state index contributed by atoms with van der Waals surface area (Å²) in [6, 6.07) is 5.60. The quantitative estimate of drug-likeness (QED) is 0.0425. The molecule has 6 rings (SSSR count). The van der Waals surface area contributed by atoms with Gasteiger partial charge in [-0.1, -0.05) is 24.9 Å². The molecule has 0 aliphatic rings. The standard InChI is InChI=1S/C20H21ClFN5O3.C19H25N5O3.ClH.FH.2H3P.27U/c1-5-6-7-8-27-13(24-15-18(23)25-20(22)26-19(15)27)10-11-9-12(28-2)16(29-3)17(30-4)14(11)21;1-5-6-7-24-15(23-16-18(20)21-11-22-19(16)24)10-12-8-13(25-2)17(27-4)14(9-12)26-3;;;;;;;;;;;;;;;;;;;;;;;;;;;;;;;/h1,9H,6-8,10H2,2-4H3,(H2,23,25,26);8-9,11H,5-7,10H2,1-4H3,(H2,20,21,22);2*1H;2*1H3;;;;;;;;;;;;;;;;;;;;;;;;;;;/q;;;;;;;;;;;;;;;;;;;;;;;;;;;;;;;;+2/p-2. The number of fused-ring (bicyclic) bond motifs is 2. The fourth-order valence-electron chi connectivity index (χ4n) is 6.32. The number of nitrogen functional groups attached to an aromatic ring is 2. The molecule has 0 fully saturated rings. The minimum atomic E-state index is -2.03. The number of benzene rings is 2. The number of hydrogen-bond acceptors (Lipinski definition) is 14. The molecular weight excluding hydrogens is 7300 g/mol. The smallest absolute Gasteiger partial charge is 0 e. The monoisotopic (exact) mass is 7350 g/mol. The number of imidazole rings is 2. The Morgan fingerprint density at radius 2 is 0.898 bits per heavy atom. The summed E-state index contributed by atoms with van der Waals surface area (Å²) in [7, 11) is 13.8. The molecule has 0 saturated carbocycles. The number of anilines is 2. The van der Waals surface area contributed by atoms with Crippen LogP contribution in [0.1, 0.15) is 55.4 Å². The van der Waals surface area contributed by atoms with Gasteiger partial charge in [-0.05, 0) is 42.2 Å². The van der Waals surface area contributed by atoms with Crippen LogP contribution in [0.15, 0.2) is 24.5 Å². The van der Waals surface area contributed by atoms with Crippen LogP contribution in [0.25, 0.3) is 22.3 Å². The summed E-state index contributed by atoms with van der Waals surface area (Å²) in [4.78, 5) is 25.2. The molecule has 0 saturated heterocycles. The van der Waals surface area contributed by atoms with E-state index in [1.807, 2.05) is 12.1 Å². The molecule has 16 nitrogen and oxygen atoms in total. The van der Waals surface area contributed by atoms with E-state index in [1.54, 1.807) is 32.0 Å². The van der Waals surface area contributed by atoms with Gasteiger partial charge in [-0.15, -0.1) is 12.3 Å². The Kier molecular flexibility index (Phi) is 228. The number of nitrogens with zero attached hydrogens (tertiary/aromatic N) is 8. The van der Waals surface area contributed by atoms with E-state index in [0.29, 0.717) is 99.2 Å². The predicted molar refractivity (Wildman–Crippen MR) is 244 cm³/mol. The molecule has 440 valence electrons. The molecule has 49 heteroatoms. The summed E-state index contributed by atoms with van der Waals surface area (Å²) >= 11 is 4.54. The zero-order chi connectivity index (χ0) is 43.9. The largest absolute Gasteiger partial charge is 0 e. The number of nitrogens with two attached hydrogens (primary N) is 2. The Morgan fingerprint density at radius 3 is 1.28 bits per heavy atom. The Bertz CT molecular complexity index is 2490. The SMILES string of the molecule is C#CCCCn1c(Cc2cc(OC)c(OC)c(OC)c2Cl)nc2c(N)nc(F)nc21.CCCCn1c(Cc2cc(OC)c(OC)c(OC)c2)nc2c(N)ncnc21.P.P.[F][U][Cl].[U].[U].[U].[U].[U].[U].[U].[U].[U].[U].[U].[U].[U].[U].[U].[U].[U].[U].[U].[U].[U].[U].[U].[U].[U].[U]. The number of rotatable bonds is 16. The second kappa shape index (κ2) is 110. The summed E-state index contributed by atoms with van der Waals surface area (Å²) in [6.45, 7) is 3.46. The van der Waals surface area contributed by atoms with E-state index in [2.05, 4.69) is 50.0 Å². The zero-order valence-corrected chi connectivity index (χ0v) is 165. The molecule has 0 amide bonds. The normalized spacial score (nSPS) is 7.16. The molecule has 2 unspecified atom stereocenters. The Labute approximate surface area is 1170 Å². The van der Waals surface area contributed by atoms with Crippen molar-refractivity contribution in [2.24, 2.45) is 0 Å². The van der Waals surface area contributed by atoms with Gasteiger partial charge in [0.1, 0.15) is 18.0 Å². The van der Waals surface area contributed by atoms with Crippen molar-refractivity contribution in [3.63, 3.8) is 0 Å². The topological polar surface area (TPSA) is 195 Å². The van der Waals surface area contributed by atoms with Crippen LogP contribution in [-0.4, -0.2) is 81.7 Å². The summed E-state index contributed by atoms with van der Waals surface area (Å²) in [5.41, 5.74) is 15.5. The van der Waals surface area contributed by atoms with Crippen LogP contribution in [0.4, 0.5) is 18.1 Å². The van der Waals surface area contributed by atoms with Gasteiger partial charge < -0.3 is 49.0 Å². The molecule has 0 aliphatic heterocycles. The average Bonchev–Trinajstić information content (AvgIpc) is 3.77. The first-order chi connectivity index (χ1) is 29.0. The molecule has 0 bridgehead atoms. The number of aromatic nitrogens is 8. The minimum Gasteiger partial charge on any atom is 0 e. The van der Waals surface area contributed by atoms with Crippen LogP contribution in [-0.2, 0) is 25.9 Å². The van der Waals surface area contributed by atoms with Gasteiger partial charge >= 0.3 is 42.9 Å². The molecule has 4 N–H and O–H groups in total. The second-order valence-corrected chi connectivity index (χ2v) is 14.9. The van der Waals surface area contributed by atoms with Gasteiger partial charge in [0.05, 0.1) is 47.7 Å². The third-order valence-corrected chi connectivity index (χ3v) is 9.45. The van der Waals surface area contributed by atoms with Gasteiger partial charge in [0.2, 0.25) is 11.5 Å². The van der Waals surface area contributed by atoms with Crippen molar-refractivity contribution in [1.29, 1.82) is 0 Å². The fraction of sp³-hybridized carbons (Fsp3) is 0.385. The van der Waals surface area contributed by atoms with E-state index in [0.717, 1.165) is 36.4 Å². The van der Waals surface area contributed by atoms with Crippen molar-refractivity contribution >= 4 is 73.0 Å². The summed E-state index contributed by atoms with van der Waals surface area (Å²) in [5.74, 6) is 7.36. The van der Waals surface area contributed by atoms with Crippen molar-refractivity contribution in [1.82, 2.24) is 39.0 Å². The maximum Gasteiger partial charge on any atom is 0 e. The van der Waals surface area contributed by atoms with Crippen molar-refractivity contribution in [2.75, 3.05) is 54.1 Å². The van der Waals surface area contributed by atoms with Crippen LogP contribution < -0.4 is 39.9 Å². The molecule has 2 atom stereocenters. The Hall–Kier alpha value is 23.2. The van der Waals surface area contributed by atoms with E-state index in [1.165, 1.54) is 27.7 Å². The summed E-state index contributed by atoms with van der Waals surface area (Å²) in [6.07, 6.45) is 10.1. The van der Waals surface area contributed by atoms with Crippen LogP contribution in [0, 0.1) is 854 Å². The van der Waals surface area contributed by atoms with E-state index >= 15 is 0 Å². The molecule has 0 radical (unpaired) electrons. The third kappa shape index (κ3) is 63.2. The molecule has 4 heterocycles. The molecule has 2 aromatic carbocycles. The number of unbranched alkanes of at least 4 members (excludes halogenated alkanes) is 2. The maximum absolute atomic E-state index is 13.8. The van der Waals surface area contributed by atoms with Gasteiger partial charge in [0.15, 0.2) is 57.0 Å². The van der Waals surface area contributed by atoms with Gasteiger partial charge in [0, 0.05) is 841 Å². The van der Waals surface area contributed by atoms with E-state index in [4.69, 9.17) is 62.9 Å². The molecule has 88 heavy (non-hydrogen) atoms. The zero-order valence-electron chi connectivity index (χ0n) is 48.7. The molecule has 4 aromatic heterocycles. The van der Waals surface area contributed by atoms with Crippen LogP contribution >= 0.6 is 39.0 Å². The van der Waals surface area contributed by atoms with Crippen molar-refractivity contribution in [3.05, 3.63) is 58.4 Å². The van der Waals surface area contributed by atoms with Crippen LogP contribution in [0.2, 0.25) is 5.02 Å². The first-order valence-corrected chi connectivity index (χ1v) is 25.3. The molecular formula is C39H52Cl2F2N10O6P2U27. The Balaban J connectivity index is -0.0000000288. The summed E-state index contributed by atoms with van der Waals surface area (Å²) in [5, 5.41) is 0.350. The van der Waals surface area contributed by atoms with Crippen molar-refractivity contribution in [3.8, 4) is 46.8 Å². The number of hydrogen-bond donors (Lipinski definition) is 2. The first kappa shape index (κ1) is 182. The van der Waals surface area contributed by atoms with Gasteiger partial charge in [-0.25, -0.2) is 19.9 Å². The van der Waals surface area contributed by atoms with Gasteiger partial charge in [-0.2, -0.15) is 34.2 Å². The Morgan fingerprint density at radius 1 is 0.523 bits per heavy atom. The second-order valence-electron chi connectivity index (χ2n) is 12.6. The van der Waals surface area contributed by atoms with Crippen molar-refractivity contribution < 1.29 is 871 Å². The average molecular weight is 7350 g/mol. The number of terminal acetylenes is 1. The molecule has 0 aliphatic carbocycles.